The number of hydrogen-bond acceptors (Lipinski definition) is 4. The van der Waals surface area contributed by atoms with E-state index >= 15 is 0 Å². The van der Waals surface area contributed by atoms with E-state index in [4.69, 9.17) is 0 Å². The third-order valence-corrected chi connectivity index (χ3v) is 3.56. The normalized spacial score (nSPS) is 20.5. The summed E-state index contributed by atoms with van der Waals surface area (Å²) in [6.07, 6.45) is 0.933. The molecule has 1 unspecified atom stereocenters. The largest absolute Gasteiger partial charge is 0.316 e. The topological polar surface area (TPSA) is 54.0 Å². The highest BCUT2D eigenvalue weighted by molar-refractivity contribution is 7.16. The number of amides is 1. The Balaban J connectivity index is 2.01. The van der Waals surface area contributed by atoms with Crippen LogP contribution in [0.3, 0.4) is 0 Å². The van der Waals surface area contributed by atoms with Crippen LogP contribution in [-0.4, -0.2) is 24.0 Å². The monoisotopic (exact) mass is 225 g/mol. The highest BCUT2D eigenvalue weighted by Gasteiger charge is 2.23. The number of rotatable bonds is 2. The first-order chi connectivity index (χ1) is 7.16. The molecule has 1 aliphatic rings. The van der Waals surface area contributed by atoms with Gasteiger partial charge >= 0.3 is 0 Å². The molecule has 5 heteroatoms. The van der Waals surface area contributed by atoms with Gasteiger partial charge in [-0.1, -0.05) is 0 Å². The van der Waals surface area contributed by atoms with Crippen molar-refractivity contribution in [3.63, 3.8) is 0 Å². The Labute approximate surface area is 93.1 Å². The first kappa shape index (κ1) is 10.6. The molecule has 2 heterocycles. The molecule has 1 atom stereocenters. The maximum Gasteiger partial charge on any atom is 0.229 e. The van der Waals surface area contributed by atoms with Crippen LogP contribution < -0.4 is 10.6 Å². The molecule has 1 aromatic rings. The zero-order valence-corrected chi connectivity index (χ0v) is 9.78. The lowest BCUT2D eigenvalue weighted by Crippen LogP contribution is -2.24. The molecule has 1 aromatic heterocycles. The number of aryl methyl sites for hydroxylation is 2. The molecule has 2 rings (SSSR count). The van der Waals surface area contributed by atoms with E-state index in [0.29, 0.717) is 0 Å². The maximum atomic E-state index is 11.8. The summed E-state index contributed by atoms with van der Waals surface area (Å²) in [6, 6.07) is 0. The lowest BCUT2D eigenvalue weighted by molar-refractivity contribution is -0.119. The second-order valence-electron chi connectivity index (χ2n) is 3.83. The van der Waals surface area contributed by atoms with Crippen molar-refractivity contribution in [2.24, 2.45) is 5.92 Å². The van der Waals surface area contributed by atoms with Crippen LogP contribution in [0.25, 0.3) is 0 Å². The van der Waals surface area contributed by atoms with Crippen LogP contribution in [0.5, 0.6) is 0 Å². The van der Waals surface area contributed by atoms with Crippen LogP contribution >= 0.6 is 11.3 Å². The zero-order chi connectivity index (χ0) is 10.8. The fourth-order valence-electron chi connectivity index (χ4n) is 1.74. The van der Waals surface area contributed by atoms with Crippen LogP contribution in [0.2, 0.25) is 0 Å². The fraction of sp³-hybridized carbons (Fsp3) is 0.600. The van der Waals surface area contributed by atoms with Gasteiger partial charge in [0.2, 0.25) is 5.91 Å². The van der Waals surface area contributed by atoms with Crippen LogP contribution in [-0.2, 0) is 4.79 Å². The number of thiazole rings is 1. The van der Waals surface area contributed by atoms with Crippen LogP contribution in [0, 0.1) is 19.8 Å². The van der Waals surface area contributed by atoms with Gasteiger partial charge in [-0.05, 0) is 26.8 Å². The van der Waals surface area contributed by atoms with Crippen LogP contribution in [0.15, 0.2) is 0 Å². The lowest BCUT2D eigenvalue weighted by Gasteiger charge is -2.08. The Morgan fingerprint density at radius 3 is 2.93 bits per heavy atom. The van der Waals surface area contributed by atoms with Gasteiger partial charge in [0, 0.05) is 6.54 Å². The summed E-state index contributed by atoms with van der Waals surface area (Å²) in [6.45, 7) is 5.61. The third kappa shape index (κ3) is 2.35. The molecule has 1 amide bonds. The van der Waals surface area contributed by atoms with Gasteiger partial charge in [-0.2, -0.15) is 0 Å². The average Bonchev–Trinajstić information content (AvgIpc) is 2.76. The van der Waals surface area contributed by atoms with E-state index in [1.165, 1.54) is 11.3 Å². The molecule has 1 aliphatic heterocycles. The minimum Gasteiger partial charge on any atom is -0.316 e. The Morgan fingerprint density at radius 2 is 2.40 bits per heavy atom. The summed E-state index contributed by atoms with van der Waals surface area (Å²) in [4.78, 5) is 16.1. The predicted octanol–water partition coefficient (Wildman–Crippen LogP) is 1.31. The molecule has 0 aromatic carbocycles. The van der Waals surface area contributed by atoms with Gasteiger partial charge < -0.3 is 10.6 Å². The molecule has 0 bridgehead atoms. The van der Waals surface area contributed by atoms with Crippen molar-refractivity contribution in [3.8, 4) is 0 Å². The molecule has 0 radical (unpaired) electrons. The molecule has 0 aliphatic carbocycles. The zero-order valence-electron chi connectivity index (χ0n) is 8.96. The van der Waals surface area contributed by atoms with E-state index < -0.39 is 0 Å². The Kier molecular flexibility index (Phi) is 3.02. The highest BCUT2D eigenvalue weighted by atomic mass is 32.1. The average molecular weight is 225 g/mol. The van der Waals surface area contributed by atoms with Crippen molar-refractivity contribution >= 4 is 22.2 Å². The molecule has 4 nitrogen and oxygen atoms in total. The van der Waals surface area contributed by atoms with Crippen molar-refractivity contribution in [2.45, 2.75) is 20.3 Å². The van der Waals surface area contributed by atoms with E-state index in [1.807, 2.05) is 13.8 Å². The number of aromatic nitrogens is 1. The van der Waals surface area contributed by atoms with Crippen molar-refractivity contribution in [3.05, 3.63) is 10.7 Å². The van der Waals surface area contributed by atoms with Gasteiger partial charge in [0.15, 0.2) is 0 Å². The minimum atomic E-state index is 0.117. The first-order valence-corrected chi connectivity index (χ1v) is 5.94. The van der Waals surface area contributed by atoms with E-state index in [2.05, 4.69) is 15.6 Å². The van der Waals surface area contributed by atoms with Crippen molar-refractivity contribution in [2.75, 3.05) is 18.4 Å². The number of carbonyl (C=O) groups excluding carboxylic acids is 1. The quantitative estimate of drug-likeness (QED) is 0.798. The molecule has 2 N–H and O–H groups in total. The number of nitrogens with zero attached hydrogens (tertiary/aromatic N) is 1. The Hall–Kier alpha value is -0.940. The van der Waals surface area contributed by atoms with Crippen LogP contribution in [0.1, 0.15) is 17.1 Å². The number of anilines is 1. The number of carbonyl (C=O) groups is 1. The Bertz CT molecular complexity index is 369. The SMILES string of the molecule is Cc1nc(C)c(NC(=O)C2CCNC2)s1. The summed E-state index contributed by atoms with van der Waals surface area (Å²) in [5, 5.41) is 8.02. The molecular formula is C10H15N3OS. The molecule has 15 heavy (non-hydrogen) atoms. The van der Waals surface area contributed by atoms with E-state index in [-0.39, 0.29) is 11.8 Å². The predicted molar refractivity (Wildman–Crippen MR) is 61.2 cm³/mol. The van der Waals surface area contributed by atoms with Gasteiger partial charge in [-0.3, -0.25) is 4.79 Å². The first-order valence-electron chi connectivity index (χ1n) is 5.12. The second-order valence-corrected chi connectivity index (χ2v) is 5.03. The fourth-order valence-corrected chi connectivity index (χ4v) is 2.56. The maximum absolute atomic E-state index is 11.8. The molecule has 1 fully saturated rings. The van der Waals surface area contributed by atoms with Crippen LogP contribution in [0.4, 0.5) is 5.00 Å². The molecule has 82 valence electrons. The van der Waals surface area contributed by atoms with Gasteiger partial charge in [0.1, 0.15) is 5.00 Å². The summed E-state index contributed by atoms with van der Waals surface area (Å²) in [5.74, 6) is 0.235. The lowest BCUT2D eigenvalue weighted by atomic mass is 10.1. The standard InChI is InChI=1S/C10H15N3OS/c1-6-10(15-7(2)12-6)13-9(14)8-3-4-11-5-8/h8,11H,3-5H2,1-2H3,(H,13,14). The summed E-state index contributed by atoms with van der Waals surface area (Å²) in [7, 11) is 0. The smallest absolute Gasteiger partial charge is 0.229 e. The number of hydrogen-bond donors (Lipinski definition) is 2. The summed E-state index contributed by atoms with van der Waals surface area (Å²) >= 11 is 1.54. The summed E-state index contributed by atoms with van der Waals surface area (Å²) < 4.78 is 0. The Morgan fingerprint density at radius 1 is 1.60 bits per heavy atom. The van der Waals surface area contributed by atoms with Gasteiger partial charge in [-0.25, -0.2) is 4.98 Å². The second kappa shape index (κ2) is 4.28. The van der Waals surface area contributed by atoms with E-state index in [9.17, 15) is 4.79 Å². The highest BCUT2D eigenvalue weighted by Crippen LogP contribution is 2.24. The summed E-state index contributed by atoms with van der Waals surface area (Å²) in [5.41, 5.74) is 0.914. The number of nitrogens with one attached hydrogen (secondary N) is 2. The molecule has 0 saturated carbocycles. The van der Waals surface area contributed by atoms with Crippen molar-refractivity contribution in [1.82, 2.24) is 10.3 Å². The molecule has 0 spiro atoms. The minimum absolute atomic E-state index is 0.117. The van der Waals surface area contributed by atoms with E-state index in [0.717, 1.165) is 35.2 Å². The van der Waals surface area contributed by atoms with Crippen molar-refractivity contribution < 1.29 is 4.79 Å². The van der Waals surface area contributed by atoms with E-state index in [1.54, 1.807) is 0 Å². The van der Waals surface area contributed by atoms with Gasteiger partial charge in [-0.15, -0.1) is 11.3 Å². The molecule has 1 saturated heterocycles. The van der Waals surface area contributed by atoms with Crippen molar-refractivity contribution in [1.29, 1.82) is 0 Å². The third-order valence-electron chi connectivity index (χ3n) is 2.57. The van der Waals surface area contributed by atoms with Gasteiger partial charge in [0.05, 0.1) is 16.6 Å². The molecular weight excluding hydrogens is 210 g/mol. The van der Waals surface area contributed by atoms with Gasteiger partial charge in [0.25, 0.3) is 0 Å².